The number of para-hydroxylation sites is 4. The maximum Gasteiger partial charge on any atom is 0.0547 e. The van der Waals surface area contributed by atoms with Crippen LogP contribution in [0.1, 0.15) is 0 Å². The number of benzene rings is 8. The molecule has 3 nitrogen and oxygen atoms in total. The molecule has 0 fully saturated rings. The van der Waals surface area contributed by atoms with Crippen molar-refractivity contribution < 1.29 is 0 Å². The largest absolute Gasteiger partial charge is 0.356 e. The third kappa shape index (κ3) is 4.98. The topological polar surface area (TPSA) is 21.9 Å². The van der Waals surface area contributed by atoms with Crippen LogP contribution in [0.15, 0.2) is 194 Å². The van der Waals surface area contributed by atoms with E-state index in [4.69, 9.17) is 0 Å². The van der Waals surface area contributed by atoms with E-state index in [1.807, 2.05) is 0 Å². The van der Waals surface area contributed by atoms with Crippen LogP contribution in [0.2, 0.25) is 0 Å². The van der Waals surface area contributed by atoms with Crippen LogP contribution in [0.4, 0.5) is 11.4 Å². The zero-order valence-corrected chi connectivity index (χ0v) is 27.9. The molecule has 10 aromatic rings. The first-order chi connectivity index (χ1) is 25.3. The quantitative estimate of drug-likeness (QED) is 0.190. The fourth-order valence-corrected chi connectivity index (χ4v) is 7.67. The third-order valence-corrected chi connectivity index (χ3v) is 10.1. The number of nitrogens with zero attached hydrogens (tertiary/aromatic N) is 2. The van der Waals surface area contributed by atoms with E-state index in [1.165, 1.54) is 77.2 Å². The summed E-state index contributed by atoms with van der Waals surface area (Å²) in [5, 5.41) is 8.66. The lowest BCUT2D eigenvalue weighted by Crippen LogP contribution is -1.93. The molecule has 240 valence electrons. The van der Waals surface area contributed by atoms with Crippen LogP contribution < -0.4 is 5.32 Å². The standard InChI is InChI=1S/C48H33N3/c1-3-11-39(12-4-1)50-46-18-10-8-16-42(46)44-31-35(24-30-47(44)50)33-19-25-37(26-20-33)49-38-27-21-34(22-28-38)36-23-29-43-41-15-7-9-17-45(41)51(48(43)32-36)40-13-5-2-6-14-40/h1-32,49H. The average molecular weight is 652 g/mol. The number of aromatic nitrogens is 2. The van der Waals surface area contributed by atoms with Crippen molar-refractivity contribution in [2.75, 3.05) is 5.32 Å². The average Bonchev–Trinajstić information content (AvgIpc) is 3.71. The minimum atomic E-state index is 1.06. The minimum absolute atomic E-state index is 1.06. The first kappa shape index (κ1) is 29.1. The van der Waals surface area contributed by atoms with Crippen LogP contribution in [-0.4, -0.2) is 9.13 Å². The van der Waals surface area contributed by atoms with Gasteiger partial charge in [0.1, 0.15) is 0 Å². The van der Waals surface area contributed by atoms with Gasteiger partial charge in [-0.25, -0.2) is 0 Å². The molecule has 0 aliphatic heterocycles. The van der Waals surface area contributed by atoms with Crippen LogP contribution in [0.5, 0.6) is 0 Å². The Morgan fingerprint density at radius 2 is 0.686 bits per heavy atom. The molecule has 2 heterocycles. The van der Waals surface area contributed by atoms with E-state index < -0.39 is 0 Å². The highest BCUT2D eigenvalue weighted by Gasteiger charge is 2.14. The van der Waals surface area contributed by atoms with Crippen LogP contribution in [0, 0.1) is 0 Å². The lowest BCUT2D eigenvalue weighted by Gasteiger charge is -2.11. The monoisotopic (exact) mass is 651 g/mol. The summed E-state index contributed by atoms with van der Waals surface area (Å²) in [6.45, 7) is 0. The summed E-state index contributed by atoms with van der Waals surface area (Å²) in [6.07, 6.45) is 0. The first-order valence-electron chi connectivity index (χ1n) is 17.4. The molecule has 0 aliphatic carbocycles. The van der Waals surface area contributed by atoms with E-state index in [9.17, 15) is 0 Å². The van der Waals surface area contributed by atoms with Gasteiger partial charge in [-0.2, -0.15) is 0 Å². The van der Waals surface area contributed by atoms with Gasteiger partial charge in [0.2, 0.25) is 0 Å². The maximum atomic E-state index is 3.61. The molecule has 1 N–H and O–H groups in total. The van der Waals surface area contributed by atoms with Crippen molar-refractivity contribution in [3.05, 3.63) is 194 Å². The van der Waals surface area contributed by atoms with Crippen molar-refractivity contribution in [2.24, 2.45) is 0 Å². The van der Waals surface area contributed by atoms with Crippen molar-refractivity contribution in [3.63, 3.8) is 0 Å². The lowest BCUT2D eigenvalue weighted by molar-refractivity contribution is 1.18. The van der Waals surface area contributed by atoms with Crippen molar-refractivity contribution in [1.29, 1.82) is 0 Å². The molecular formula is C48H33N3. The summed E-state index contributed by atoms with van der Waals surface area (Å²) >= 11 is 0. The number of hydrogen-bond donors (Lipinski definition) is 1. The van der Waals surface area contributed by atoms with Gasteiger partial charge in [0.15, 0.2) is 0 Å². The molecule has 51 heavy (non-hydrogen) atoms. The number of fused-ring (bicyclic) bond motifs is 6. The summed E-state index contributed by atoms with van der Waals surface area (Å²) in [6, 6.07) is 69.7. The van der Waals surface area contributed by atoms with Gasteiger partial charge in [0.25, 0.3) is 0 Å². The molecule has 2 aromatic heterocycles. The number of nitrogens with one attached hydrogen (secondary N) is 1. The Morgan fingerprint density at radius 3 is 1.27 bits per heavy atom. The van der Waals surface area contributed by atoms with E-state index in [0.717, 1.165) is 11.4 Å². The van der Waals surface area contributed by atoms with E-state index in [0.29, 0.717) is 0 Å². The maximum absolute atomic E-state index is 3.61. The van der Waals surface area contributed by atoms with Crippen LogP contribution in [0.25, 0.3) is 77.2 Å². The fraction of sp³-hybridized carbons (Fsp3) is 0. The second-order valence-corrected chi connectivity index (χ2v) is 13.1. The number of anilines is 2. The number of hydrogen-bond acceptors (Lipinski definition) is 1. The SMILES string of the molecule is c1ccc(-n2c3ccccc3c3cc(-c4ccc(Nc5ccc(-c6ccc7c8ccccc8n(-c8ccccc8)c7c6)cc5)cc4)ccc32)cc1. The van der Waals surface area contributed by atoms with Gasteiger partial charge in [-0.3, -0.25) is 0 Å². The molecule has 0 saturated carbocycles. The molecule has 0 atom stereocenters. The lowest BCUT2D eigenvalue weighted by atomic mass is 10.0. The highest BCUT2D eigenvalue weighted by molar-refractivity contribution is 6.11. The molecule has 3 heteroatoms. The van der Waals surface area contributed by atoms with Gasteiger partial charge < -0.3 is 14.5 Å². The van der Waals surface area contributed by atoms with E-state index >= 15 is 0 Å². The van der Waals surface area contributed by atoms with Gasteiger partial charge in [0.05, 0.1) is 22.1 Å². The zero-order valence-electron chi connectivity index (χ0n) is 27.9. The van der Waals surface area contributed by atoms with Crippen molar-refractivity contribution >= 4 is 55.0 Å². The third-order valence-electron chi connectivity index (χ3n) is 10.1. The zero-order chi connectivity index (χ0) is 33.7. The summed E-state index contributed by atoms with van der Waals surface area (Å²) in [7, 11) is 0. The Kier molecular flexibility index (Phi) is 6.81. The van der Waals surface area contributed by atoms with Gasteiger partial charge in [0, 0.05) is 44.3 Å². The fourth-order valence-electron chi connectivity index (χ4n) is 7.67. The van der Waals surface area contributed by atoms with E-state index in [-0.39, 0.29) is 0 Å². The van der Waals surface area contributed by atoms with E-state index in [1.54, 1.807) is 0 Å². The summed E-state index contributed by atoms with van der Waals surface area (Å²) in [5.74, 6) is 0. The number of rotatable bonds is 6. The minimum Gasteiger partial charge on any atom is -0.356 e. The smallest absolute Gasteiger partial charge is 0.0547 e. The van der Waals surface area contributed by atoms with Crippen molar-refractivity contribution in [2.45, 2.75) is 0 Å². The molecule has 0 saturated heterocycles. The molecular weight excluding hydrogens is 619 g/mol. The van der Waals surface area contributed by atoms with Crippen LogP contribution in [0.3, 0.4) is 0 Å². The molecule has 0 bridgehead atoms. The predicted molar refractivity (Wildman–Crippen MR) is 216 cm³/mol. The van der Waals surface area contributed by atoms with Gasteiger partial charge in [-0.15, -0.1) is 0 Å². The Labute approximate surface area is 296 Å². The molecule has 0 aliphatic rings. The first-order valence-corrected chi connectivity index (χ1v) is 17.4. The second-order valence-electron chi connectivity index (χ2n) is 13.1. The molecule has 0 unspecified atom stereocenters. The summed E-state index contributed by atoms with van der Waals surface area (Å²) in [4.78, 5) is 0. The summed E-state index contributed by atoms with van der Waals surface area (Å²) < 4.78 is 4.73. The normalized spacial score (nSPS) is 11.5. The van der Waals surface area contributed by atoms with Gasteiger partial charge in [-0.1, -0.05) is 115 Å². The van der Waals surface area contributed by atoms with Crippen LogP contribution >= 0.6 is 0 Å². The molecule has 10 rings (SSSR count). The van der Waals surface area contributed by atoms with Gasteiger partial charge in [-0.05, 0) is 101 Å². The summed E-state index contributed by atoms with van der Waals surface area (Å²) in [5.41, 5.74) is 14.1. The Hall–Kier alpha value is -6.84. The highest BCUT2D eigenvalue weighted by atomic mass is 15.0. The van der Waals surface area contributed by atoms with Gasteiger partial charge >= 0.3 is 0 Å². The highest BCUT2D eigenvalue weighted by Crippen LogP contribution is 2.37. The molecule has 0 spiro atoms. The van der Waals surface area contributed by atoms with Crippen molar-refractivity contribution in [3.8, 4) is 33.6 Å². The Balaban J connectivity index is 0.925. The van der Waals surface area contributed by atoms with E-state index in [2.05, 4.69) is 209 Å². The molecule has 8 aromatic carbocycles. The Morgan fingerprint density at radius 1 is 0.275 bits per heavy atom. The molecule has 0 radical (unpaired) electrons. The molecule has 0 amide bonds. The van der Waals surface area contributed by atoms with Crippen LogP contribution in [-0.2, 0) is 0 Å². The predicted octanol–water partition coefficient (Wildman–Crippen LogP) is 13.0. The Bertz CT molecular complexity index is 2840. The van der Waals surface area contributed by atoms with Crippen molar-refractivity contribution in [1.82, 2.24) is 9.13 Å². The second kappa shape index (κ2) is 11.9.